The number of sulfonamides is 1. The summed E-state index contributed by atoms with van der Waals surface area (Å²) in [6.07, 6.45) is 0. The number of aryl methyl sites for hydroxylation is 1. The molecule has 30 heavy (non-hydrogen) atoms. The van der Waals surface area contributed by atoms with Crippen LogP contribution in [0, 0.1) is 6.92 Å². The van der Waals surface area contributed by atoms with Gasteiger partial charge < -0.3 is 14.6 Å². The Morgan fingerprint density at radius 1 is 1.00 bits per heavy atom. The Bertz CT molecular complexity index is 1200. The molecule has 8 nitrogen and oxygen atoms in total. The fraction of sp³-hybridized carbons (Fsp3) is 0.143. The third-order valence-corrected chi connectivity index (χ3v) is 5.75. The number of nitrogens with zero attached hydrogens (tertiary/aromatic N) is 1. The van der Waals surface area contributed by atoms with Crippen molar-refractivity contribution in [1.29, 1.82) is 0 Å². The molecular formula is C21H21N3O5S. The maximum absolute atomic E-state index is 12.8. The van der Waals surface area contributed by atoms with Gasteiger partial charge in [-0.3, -0.25) is 14.3 Å². The van der Waals surface area contributed by atoms with Gasteiger partial charge in [-0.05, 0) is 55.5 Å². The molecule has 1 heterocycles. The predicted molar refractivity (Wildman–Crippen MR) is 114 cm³/mol. The van der Waals surface area contributed by atoms with Crippen LogP contribution in [0.2, 0.25) is 0 Å². The third-order valence-electron chi connectivity index (χ3n) is 4.37. The first kappa shape index (κ1) is 21.1. The number of pyridine rings is 1. The Hall–Kier alpha value is -3.59. The number of methoxy groups -OCH3 is 1. The quantitative estimate of drug-likeness (QED) is 0.603. The van der Waals surface area contributed by atoms with Crippen molar-refractivity contribution in [1.82, 2.24) is 4.57 Å². The van der Waals surface area contributed by atoms with Gasteiger partial charge in [-0.25, -0.2) is 8.42 Å². The molecule has 1 amide bonds. The summed E-state index contributed by atoms with van der Waals surface area (Å²) in [5.74, 6) is 0.109. The zero-order valence-electron chi connectivity index (χ0n) is 16.5. The molecule has 1 aromatic heterocycles. The Morgan fingerprint density at radius 2 is 1.67 bits per heavy atom. The Morgan fingerprint density at radius 3 is 2.30 bits per heavy atom. The largest absolute Gasteiger partial charge is 0.497 e. The highest BCUT2D eigenvalue weighted by Crippen LogP contribution is 2.18. The average Bonchev–Trinajstić information content (AvgIpc) is 2.74. The fourth-order valence-electron chi connectivity index (χ4n) is 2.77. The maximum Gasteiger partial charge on any atom is 0.275 e. The van der Waals surface area contributed by atoms with Gasteiger partial charge in [0.1, 0.15) is 18.0 Å². The van der Waals surface area contributed by atoms with Crippen LogP contribution in [0.1, 0.15) is 5.69 Å². The first-order chi connectivity index (χ1) is 14.3. The Kier molecular flexibility index (Phi) is 6.22. The van der Waals surface area contributed by atoms with E-state index < -0.39 is 21.5 Å². The van der Waals surface area contributed by atoms with Gasteiger partial charge in [-0.15, -0.1) is 0 Å². The van der Waals surface area contributed by atoms with E-state index in [9.17, 15) is 18.0 Å². The van der Waals surface area contributed by atoms with Gasteiger partial charge in [-0.1, -0.05) is 18.2 Å². The standard InChI is InChI=1S/C21H21N3O5S/c1-15-8-13-19(23-30(27,28)18-11-9-17(29-2)10-12-18)21(26)24(15)14-20(25)22-16-6-4-3-5-7-16/h3-13,23H,14H2,1-2H3,(H,22,25). The summed E-state index contributed by atoms with van der Waals surface area (Å²) in [6, 6.07) is 17.6. The number of ether oxygens (including phenoxy) is 1. The number of aromatic nitrogens is 1. The molecule has 0 aliphatic carbocycles. The molecule has 0 fully saturated rings. The van der Waals surface area contributed by atoms with Crippen LogP contribution >= 0.6 is 0 Å². The number of carbonyl (C=O) groups is 1. The van der Waals surface area contributed by atoms with Gasteiger partial charge in [0.05, 0.1) is 12.0 Å². The number of hydrogen-bond acceptors (Lipinski definition) is 5. The van der Waals surface area contributed by atoms with E-state index >= 15 is 0 Å². The summed E-state index contributed by atoms with van der Waals surface area (Å²) in [7, 11) is -2.51. The van der Waals surface area contributed by atoms with E-state index in [1.54, 1.807) is 37.3 Å². The third kappa shape index (κ3) is 4.87. The van der Waals surface area contributed by atoms with Crippen LogP contribution in [0.4, 0.5) is 11.4 Å². The Labute approximate surface area is 174 Å². The first-order valence-corrected chi connectivity index (χ1v) is 10.5. The fourth-order valence-corrected chi connectivity index (χ4v) is 3.83. The molecule has 0 saturated heterocycles. The highest BCUT2D eigenvalue weighted by molar-refractivity contribution is 7.92. The molecule has 0 aliphatic heterocycles. The normalized spacial score (nSPS) is 11.0. The molecule has 0 aliphatic rings. The van der Waals surface area contributed by atoms with Gasteiger partial charge >= 0.3 is 0 Å². The molecule has 3 rings (SSSR count). The molecule has 2 aromatic carbocycles. The molecule has 0 unspecified atom stereocenters. The van der Waals surface area contributed by atoms with Crippen molar-refractivity contribution < 1.29 is 17.9 Å². The number of anilines is 2. The van der Waals surface area contributed by atoms with Crippen LogP contribution in [0.3, 0.4) is 0 Å². The van der Waals surface area contributed by atoms with Gasteiger partial charge in [0.15, 0.2) is 0 Å². The number of carbonyl (C=O) groups excluding carboxylic acids is 1. The first-order valence-electron chi connectivity index (χ1n) is 9.02. The Balaban J connectivity index is 1.83. The van der Waals surface area contributed by atoms with Crippen molar-refractivity contribution in [3.05, 3.63) is 82.8 Å². The van der Waals surface area contributed by atoms with E-state index in [0.29, 0.717) is 17.1 Å². The van der Waals surface area contributed by atoms with Gasteiger partial charge in [0.25, 0.3) is 15.6 Å². The van der Waals surface area contributed by atoms with E-state index in [1.807, 2.05) is 6.07 Å². The summed E-state index contributed by atoms with van der Waals surface area (Å²) in [6.45, 7) is 1.41. The van der Waals surface area contributed by atoms with Gasteiger partial charge in [-0.2, -0.15) is 0 Å². The van der Waals surface area contributed by atoms with Crippen LogP contribution in [-0.4, -0.2) is 26.0 Å². The van der Waals surface area contributed by atoms with E-state index in [1.165, 1.54) is 42.0 Å². The lowest BCUT2D eigenvalue weighted by Crippen LogP contribution is -2.31. The van der Waals surface area contributed by atoms with Crippen molar-refractivity contribution in [3.8, 4) is 5.75 Å². The minimum Gasteiger partial charge on any atom is -0.497 e. The number of amides is 1. The molecular weight excluding hydrogens is 406 g/mol. The molecule has 0 radical (unpaired) electrons. The SMILES string of the molecule is COc1ccc(S(=O)(=O)Nc2ccc(C)n(CC(=O)Nc3ccccc3)c2=O)cc1. The summed E-state index contributed by atoms with van der Waals surface area (Å²) >= 11 is 0. The lowest BCUT2D eigenvalue weighted by atomic mass is 10.3. The van der Waals surface area contributed by atoms with Crippen molar-refractivity contribution in [3.63, 3.8) is 0 Å². The molecule has 0 atom stereocenters. The molecule has 0 saturated carbocycles. The maximum atomic E-state index is 12.8. The summed E-state index contributed by atoms with van der Waals surface area (Å²) in [4.78, 5) is 25.1. The van der Waals surface area contributed by atoms with Crippen LogP contribution < -0.4 is 20.3 Å². The minimum atomic E-state index is -3.99. The predicted octanol–water partition coefficient (Wildman–Crippen LogP) is 2.60. The number of para-hydroxylation sites is 1. The molecule has 2 N–H and O–H groups in total. The van der Waals surface area contributed by atoms with Gasteiger partial charge in [0.2, 0.25) is 5.91 Å². The second-order valence-electron chi connectivity index (χ2n) is 6.47. The number of benzene rings is 2. The van der Waals surface area contributed by atoms with Crippen LogP contribution in [0.15, 0.2) is 76.4 Å². The van der Waals surface area contributed by atoms with Crippen molar-refractivity contribution in [2.24, 2.45) is 0 Å². The number of rotatable bonds is 7. The summed E-state index contributed by atoms with van der Waals surface area (Å²) < 4.78 is 33.8. The monoisotopic (exact) mass is 427 g/mol. The van der Waals surface area contributed by atoms with E-state index in [4.69, 9.17) is 4.74 Å². The second-order valence-corrected chi connectivity index (χ2v) is 8.16. The minimum absolute atomic E-state index is 0.0170. The smallest absolute Gasteiger partial charge is 0.275 e. The zero-order valence-corrected chi connectivity index (χ0v) is 17.3. The van der Waals surface area contributed by atoms with Crippen molar-refractivity contribution >= 4 is 27.3 Å². The van der Waals surface area contributed by atoms with Crippen LogP contribution in [0.25, 0.3) is 0 Å². The zero-order chi connectivity index (χ0) is 21.7. The topological polar surface area (TPSA) is 106 Å². The lowest BCUT2D eigenvalue weighted by molar-refractivity contribution is -0.116. The number of hydrogen-bond donors (Lipinski definition) is 2. The molecule has 0 spiro atoms. The average molecular weight is 427 g/mol. The molecule has 3 aromatic rings. The van der Waals surface area contributed by atoms with Crippen molar-refractivity contribution in [2.45, 2.75) is 18.4 Å². The van der Waals surface area contributed by atoms with E-state index in [0.717, 1.165) is 0 Å². The van der Waals surface area contributed by atoms with Crippen LogP contribution in [0.5, 0.6) is 5.75 Å². The van der Waals surface area contributed by atoms with E-state index in [2.05, 4.69) is 10.0 Å². The summed E-state index contributed by atoms with van der Waals surface area (Å²) in [5, 5.41) is 2.70. The highest BCUT2D eigenvalue weighted by Gasteiger charge is 2.18. The molecule has 0 bridgehead atoms. The highest BCUT2D eigenvalue weighted by atomic mass is 32.2. The van der Waals surface area contributed by atoms with Crippen molar-refractivity contribution in [2.75, 3.05) is 17.1 Å². The number of nitrogens with one attached hydrogen (secondary N) is 2. The second kappa shape index (κ2) is 8.83. The summed E-state index contributed by atoms with van der Waals surface area (Å²) in [5.41, 5.74) is 0.361. The van der Waals surface area contributed by atoms with E-state index in [-0.39, 0.29) is 17.1 Å². The van der Waals surface area contributed by atoms with Crippen LogP contribution in [-0.2, 0) is 21.4 Å². The molecule has 156 valence electrons. The van der Waals surface area contributed by atoms with Gasteiger partial charge in [0, 0.05) is 11.4 Å². The lowest BCUT2D eigenvalue weighted by Gasteiger charge is -2.14. The molecule has 9 heteroatoms.